The molecule has 0 aromatic heterocycles. The first-order valence-electron chi connectivity index (χ1n) is 6.00. The van der Waals surface area contributed by atoms with E-state index >= 15 is 0 Å². The van der Waals surface area contributed by atoms with Crippen LogP contribution in [0.25, 0.3) is 0 Å². The molecular formula is C15H13Cl2NO2. The highest BCUT2D eigenvalue weighted by Crippen LogP contribution is 2.32. The molecule has 2 aromatic carbocycles. The summed E-state index contributed by atoms with van der Waals surface area (Å²) in [6, 6.07) is 12.5. The number of amides is 1. The van der Waals surface area contributed by atoms with E-state index in [-0.39, 0.29) is 12.5 Å². The van der Waals surface area contributed by atoms with Crippen LogP contribution in [0.3, 0.4) is 0 Å². The van der Waals surface area contributed by atoms with Gasteiger partial charge in [0.25, 0.3) is 5.91 Å². The third-order valence-corrected chi connectivity index (χ3v) is 3.58. The lowest BCUT2D eigenvalue weighted by atomic mass is 10.2. The van der Waals surface area contributed by atoms with Gasteiger partial charge >= 0.3 is 0 Å². The Morgan fingerprint density at radius 2 is 1.85 bits per heavy atom. The number of benzene rings is 2. The van der Waals surface area contributed by atoms with Crippen molar-refractivity contribution in [2.24, 2.45) is 0 Å². The molecule has 0 unspecified atom stereocenters. The first kappa shape index (κ1) is 14.7. The molecule has 0 aliphatic heterocycles. The van der Waals surface area contributed by atoms with Gasteiger partial charge in [-0.2, -0.15) is 0 Å². The van der Waals surface area contributed by atoms with Crippen molar-refractivity contribution < 1.29 is 9.53 Å². The minimum Gasteiger partial charge on any atom is -0.482 e. The van der Waals surface area contributed by atoms with Gasteiger partial charge in [-0.15, -0.1) is 0 Å². The average molecular weight is 310 g/mol. The van der Waals surface area contributed by atoms with E-state index in [1.807, 2.05) is 18.2 Å². The Labute approximate surface area is 127 Å². The van der Waals surface area contributed by atoms with Gasteiger partial charge in [0, 0.05) is 10.7 Å². The molecule has 2 aromatic rings. The fourth-order valence-electron chi connectivity index (χ4n) is 1.61. The van der Waals surface area contributed by atoms with Crippen LogP contribution in [0.5, 0.6) is 5.75 Å². The maximum atomic E-state index is 11.7. The van der Waals surface area contributed by atoms with E-state index in [4.69, 9.17) is 27.9 Å². The van der Waals surface area contributed by atoms with Crippen molar-refractivity contribution in [1.29, 1.82) is 0 Å². The molecule has 0 aliphatic carbocycles. The van der Waals surface area contributed by atoms with Crippen LogP contribution in [-0.2, 0) is 4.79 Å². The molecule has 0 atom stereocenters. The minimum absolute atomic E-state index is 0.115. The summed E-state index contributed by atoms with van der Waals surface area (Å²) in [5, 5.41) is 3.71. The maximum absolute atomic E-state index is 11.7. The second-order valence-electron chi connectivity index (χ2n) is 4.19. The molecule has 3 nitrogen and oxygen atoms in total. The predicted octanol–water partition coefficient (Wildman–Crippen LogP) is 4.32. The number of para-hydroxylation sites is 1. The van der Waals surface area contributed by atoms with Crippen LogP contribution < -0.4 is 10.1 Å². The van der Waals surface area contributed by atoms with E-state index in [1.165, 1.54) is 0 Å². The van der Waals surface area contributed by atoms with E-state index < -0.39 is 0 Å². The summed E-state index contributed by atoms with van der Waals surface area (Å²) in [6.07, 6.45) is 0. The minimum atomic E-state index is -0.250. The number of rotatable bonds is 4. The Bertz CT molecular complexity index is 615. The van der Waals surface area contributed by atoms with Gasteiger partial charge in [-0.05, 0) is 36.8 Å². The second-order valence-corrected chi connectivity index (χ2v) is 4.97. The zero-order chi connectivity index (χ0) is 14.5. The highest BCUT2D eigenvalue weighted by atomic mass is 35.5. The van der Waals surface area contributed by atoms with Crippen LogP contribution in [0, 0.1) is 6.92 Å². The number of halogens is 2. The lowest BCUT2D eigenvalue weighted by Crippen LogP contribution is -2.20. The molecule has 0 radical (unpaired) electrons. The van der Waals surface area contributed by atoms with Crippen LogP contribution in [-0.4, -0.2) is 12.5 Å². The number of hydrogen-bond acceptors (Lipinski definition) is 2. The lowest BCUT2D eigenvalue weighted by Gasteiger charge is -2.10. The SMILES string of the molecule is Cc1c(Cl)ccc(OCC(=O)Nc2ccccc2)c1Cl. The zero-order valence-corrected chi connectivity index (χ0v) is 12.3. The molecule has 0 aliphatic rings. The van der Waals surface area contributed by atoms with Gasteiger partial charge in [0.1, 0.15) is 5.75 Å². The number of carbonyl (C=O) groups excluding carboxylic acids is 1. The Kier molecular flexibility index (Phi) is 4.88. The predicted molar refractivity (Wildman–Crippen MR) is 81.8 cm³/mol. The van der Waals surface area contributed by atoms with Crippen LogP contribution in [0.2, 0.25) is 10.0 Å². The molecule has 0 bridgehead atoms. The molecule has 0 saturated heterocycles. The molecule has 2 rings (SSSR count). The number of carbonyl (C=O) groups is 1. The fraction of sp³-hybridized carbons (Fsp3) is 0.133. The molecule has 20 heavy (non-hydrogen) atoms. The van der Waals surface area contributed by atoms with Gasteiger partial charge < -0.3 is 10.1 Å². The summed E-state index contributed by atoms with van der Waals surface area (Å²) in [5.41, 5.74) is 1.45. The second kappa shape index (κ2) is 6.64. The molecule has 1 N–H and O–H groups in total. The van der Waals surface area contributed by atoms with Crippen molar-refractivity contribution in [3.05, 3.63) is 58.1 Å². The molecule has 0 heterocycles. The summed E-state index contributed by atoms with van der Waals surface area (Å²) in [4.78, 5) is 11.7. The van der Waals surface area contributed by atoms with Gasteiger partial charge in [0.2, 0.25) is 0 Å². The monoisotopic (exact) mass is 309 g/mol. The van der Waals surface area contributed by atoms with Crippen molar-refractivity contribution >= 4 is 34.8 Å². The van der Waals surface area contributed by atoms with Gasteiger partial charge in [-0.3, -0.25) is 4.79 Å². The van der Waals surface area contributed by atoms with Crippen LogP contribution in [0.4, 0.5) is 5.69 Å². The average Bonchev–Trinajstić information content (AvgIpc) is 2.45. The summed E-state index contributed by atoms with van der Waals surface area (Å²) >= 11 is 12.0. The quantitative estimate of drug-likeness (QED) is 0.913. The standard InChI is InChI=1S/C15H13Cl2NO2/c1-10-12(16)7-8-13(15(10)17)20-9-14(19)18-11-5-3-2-4-6-11/h2-8H,9H2,1H3,(H,18,19). The van der Waals surface area contributed by atoms with E-state index in [0.717, 1.165) is 11.3 Å². The Hall–Kier alpha value is -1.71. The Morgan fingerprint density at radius 1 is 1.15 bits per heavy atom. The highest BCUT2D eigenvalue weighted by molar-refractivity contribution is 6.36. The molecule has 0 spiro atoms. The lowest BCUT2D eigenvalue weighted by molar-refractivity contribution is -0.118. The van der Waals surface area contributed by atoms with E-state index in [9.17, 15) is 4.79 Å². The van der Waals surface area contributed by atoms with Gasteiger partial charge in [-0.25, -0.2) is 0 Å². The highest BCUT2D eigenvalue weighted by Gasteiger charge is 2.10. The molecule has 104 valence electrons. The summed E-state index contributed by atoms with van der Waals surface area (Å²) in [7, 11) is 0. The first-order chi connectivity index (χ1) is 9.58. The number of nitrogens with one attached hydrogen (secondary N) is 1. The normalized spacial score (nSPS) is 10.2. The molecule has 5 heteroatoms. The molecular weight excluding hydrogens is 297 g/mol. The summed E-state index contributed by atoms with van der Waals surface area (Å²) in [5.74, 6) is 0.191. The third kappa shape index (κ3) is 3.65. The number of hydrogen-bond donors (Lipinski definition) is 1. The van der Waals surface area contributed by atoms with Crippen LogP contribution in [0.1, 0.15) is 5.56 Å². The van der Waals surface area contributed by atoms with Crippen molar-refractivity contribution in [2.45, 2.75) is 6.92 Å². The van der Waals surface area contributed by atoms with E-state index in [2.05, 4.69) is 5.32 Å². The first-order valence-corrected chi connectivity index (χ1v) is 6.76. The van der Waals surface area contributed by atoms with Crippen molar-refractivity contribution in [3.63, 3.8) is 0 Å². The third-order valence-electron chi connectivity index (χ3n) is 2.70. The Balaban J connectivity index is 1.96. The molecule has 1 amide bonds. The summed E-state index contributed by atoms with van der Waals surface area (Å²) < 4.78 is 5.40. The number of anilines is 1. The van der Waals surface area contributed by atoms with Crippen LogP contribution >= 0.6 is 23.2 Å². The van der Waals surface area contributed by atoms with Crippen molar-refractivity contribution in [2.75, 3.05) is 11.9 Å². The maximum Gasteiger partial charge on any atom is 0.262 e. The zero-order valence-electron chi connectivity index (χ0n) is 10.8. The van der Waals surface area contributed by atoms with Crippen LogP contribution in [0.15, 0.2) is 42.5 Å². The van der Waals surface area contributed by atoms with Crippen molar-refractivity contribution in [3.8, 4) is 5.75 Å². The number of ether oxygens (including phenoxy) is 1. The Morgan fingerprint density at radius 3 is 2.55 bits per heavy atom. The van der Waals surface area contributed by atoms with Crippen molar-refractivity contribution in [1.82, 2.24) is 0 Å². The smallest absolute Gasteiger partial charge is 0.262 e. The van der Waals surface area contributed by atoms with Gasteiger partial charge in [-0.1, -0.05) is 41.4 Å². The molecule has 0 fully saturated rings. The van der Waals surface area contributed by atoms with E-state index in [1.54, 1.807) is 31.2 Å². The molecule has 0 saturated carbocycles. The van der Waals surface area contributed by atoms with Gasteiger partial charge in [0.15, 0.2) is 6.61 Å². The summed E-state index contributed by atoms with van der Waals surface area (Å²) in [6.45, 7) is 1.68. The largest absolute Gasteiger partial charge is 0.482 e. The fourth-order valence-corrected chi connectivity index (χ4v) is 2.04. The topological polar surface area (TPSA) is 38.3 Å². The van der Waals surface area contributed by atoms with Gasteiger partial charge in [0.05, 0.1) is 5.02 Å². The van der Waals surface area contributed by atoms with E-state index in [0.29, 0.717) is 15.8 Å².